The molecule has 2 saturated heterocycles. The second kappa shape index (κ2) is 6.63. The van der Waals surface area contributed by atoms with Gasteiger partial charge in [0.25, 0.3) is 5.91 Å². The number of rotatable bonds is 2. The molecular formula is C22H24F2N2O. The van der Waals surface area contributed by atoms with Crippen molar-refractivity contribution in [2.45, 2.75) is 38.3 Å². The van der Waals surface area contributed by atoms with E-state index in [0.717, 1.165) is 18.5 Å². The number of halogens is 2. The number of hydrogen-bond donors (Lipinski definition) is 0. The molecule has 5 heteroatoms. The molecule has 0 aromatic heterocycles. The summed E-state index contributed by atoms with van der Waals surface area (Å²) in [5.74, 6) is -0.669. The predicted octanol–water partition coefficient (Wildman–Crippen LogP) is 4.48. The first-order chi connectivity index (χ1) is 12.9. The summed E-state index contributed by atoms with van der Waals surface area (Å²) in [6, 6.07) is 13.1. The quantitative estimate of drug-likeness (QED) is 0.778. The Hall–Kier alpha value is -2.43. The average molecular weight is 370 g/mol. The Balaban J connectivity index is 1.57. The number of likely N-dealkylation sites (tertiary alicyclic amines) is 1. The zero-order valence-corrected chi connectivity index (χ0v) is 15.7. The monoisotopic (exact) mass is 370 g/mol. The fourth-order valence-corrected chi connectivity index (χ4v) is 4.91. The largest absolute Gasteiger partial charge is 0.363 e. The Labute approximate surface area is 158 Å². The number of piperidine rings is 1. The zero-order chi connectivity index (χ0) is 19.2. The molecule has 0 spiro atoms. The summed E-state index contributed by atoms with van der Waals surface area (Å²) >= 11 is 0. The molecule has 2 aromatic carbocycles. The Bertz CT molecular complexity index is 867. The number of benzene rings is 2. The molecular weight excluding hydrogens is 346 g/mol. The normalized spacial score (nSPS) is 24.0. The van der Waals surface area contributed by atoms with Gasteiger partial charge in [-0.3, -0.25) is 4.79 Å². The van der Waals surface area contributed by atoms with E-state index in [0.29, 0.717) is 13.1 Å². The molecule has 2 aromatic rings. The molecule has 0 aliphatic carbocycles. The summed E-state index contributed by atoms with van der Waals surface area (Å²) in [5, 5.41) is 0. The first-order valence-electron chi connectivity index (χ1n) is 9.45. The number of anilines is 1. The van der Waals surface area contributed by atoms with E-state index in [1.807, 2.05) is 6.07 Å². The van der Waals surface area contributed by atoms with Gasteiger partial charge in [-0.25, -0.2) is 8.78 Å². The molecule has 27 heavy (non-hydrogen) atoms. The number of hydrogen-bond acceptors (Lipinski definition) is 2. The van der Waals surface area contributed by atoms with Gasteiger partial charge in [-0.15, -0.1) is 0 Å². The fraction of sp³-hybridized carbons (Fsp3) is 0.409. The van der Waals surface area contributed by atoms with Gasteiger partial charge < -0.3 is 9.80 Å². The summed E-state index contributed by atoms with van der Waals surface area (Å²) in [7, 11) is 0. The number of fused-ring (bicyclic) bond motifs is 1. The lowest BCUT2D eigenvalue weighted by atomic mass is 9.89. The minimum Gasteiger partial charge on any atom is -0.363 e. The highest BCUT2D eigenvalue weighted by atomic mass is 19.1. The second-order valence-corrected chi connectivity index (χ2v) is 8.21. The first-order valence-corrected chi connectivity index (χ1v) is 9.45. The summed E-state index contributed by atoms with van der Waals surface area (Å²) in [5.41, 5.74) is 0.900. The van der Waals surface area contributed by atoms with Gasteiger partial charge in [0, 0.05) is 30.4 Å². The molecule has 2 aliphatic rings. The molecule has 0 radical (unpaired) electrons. The van der Waals surface area contributed by atoms with Crippen molar-refractivity contribution in [1.29, 1.82) is 0 Å². The minimum atomic E-state index is -0.474. The van der Waals surface area contributed by atoms with Crippen LogP contribution in [0.2, 0.25) is 0 Å². The smallest absolute Gasteiger partial charge is 0.256 e. The average Bonchev–Trinajstić information content (AvgIpc) is 2.90. The minimum absolute atomic E-state index is 0.125. The van der Waals surface area contributed by atoms with Gasteiger partial charge >= 0.3 is 0 Å². The van der Waals surface area contributed by atoms with E-state index in [-0.39, 0.29) is 34.8 Å². The van der Waals surface area contributed by atoms with Gasteiger partial charge in [0.05, 0.1) is 5.56 Å². The van der Waals surface area contributed by atoms with Crippen molar-refractivity contribution in [3.8, 4) is 0 Å². The molecule has 0 N–H and O–H groups in total. The number of carbonyl (C=O) groups is 1. The Morgan fingerprint density at radius 2 is 1.89 bits per heavy atom. The van der Waals surface area contributed by atoms with Gasteiger partial charge in [0.2, 0.25) is 0 Å². The SMILES string of the molecule is CC1(C)C[C@@H]2CN(C(=O)c3ccccc3F)CC[C@@H]2N1c1cccc(F)c1. The van der Waals surface area contributed by atoms with Crippen molar-refractivity contribution >= 4 is 11.6 Å². The molecule has 2 aliphatic heterocycles. The fourth-order valence-electron chi connectivity index (χ4n) is 4.91. The van der Waals surface area contributed by atoms with Crippen LogP contribution in [0.15, 0.2) is 48.5 Å². The summed E-state index contributed by atoms with van der Waals surface area (Å²) in [6.07, 6.45) is 1.71. The van der Waals surface area contributed by atoms with E-state index in [9.17, 15) is 13.6 Å². The van der Waals surface area contributed by atoms with Crippen LogP contribution < -0.4 is 4.90 Å². The van der Waals surface area contributed by atoms with Crippen molar-refractivity contribution in [3.63, 3.8) is 0 Å². The maximum absolute atomic E-state index is 14.0. The van der Waals surface area contributed by atoms with E-state index in [2.05, 4.69) is 18.7 Å². The predicted molar refractivity (Wildman–Crippen MR) is 102 cm³/mol. The molecule has 142 valence electrons. The lowest BCUT2D eigenvalue weighted by Gasteiger charge is -2.42. The van der Waals surface area contributed by atoms with Crippen molar-refractivity contribution in [1.82, 2.24) is 4.90 Å². The third kappa shape index (κ3) is 3.20. The van der Waals surface area contributed by atoms with Gasteiger partial charge in [-0.1, -0.05) is 18.2 Å². The molecule has 0 saturated carbocycles. The topological polar surface area (TPSA) is 23.6 Å². The van der Waals surface area contributed by atoms with Crippen molar-refractivity contribution in [2.24, 2.45) is 5.92 Å². The van der Waals surface area contributed by atoms with Crippen LogP contribution in [0, 0.1) is 17.6 Å². The highest BCUT2D eigenvalue weighted by Crippen LogP contribution is 2.44. The van der Waals surface area contributed by atoms with Crippen LogP contribution in [0.4, 0.5) is 14.5 Å². The summed E-state index contributed by atoms with van der Waals surface area (Å²) in [4.78, 5) is 16.9. The Morgan fingerprint density at radius 1 is 1.11 bits per heavy atom. The number of carbonyl (C=O) groups excluding carboxylic acids is 1. The van der Waals surface area contributed by atoms with Crippen molar-refractivity contribution < 1.29 is 13.6 Å². The second-order valence-electron chi connectivity index (χ2n) is 8.21. The summed E-state index contributed by atoms with van der Waals surface area (Å²) in [6.45, 7) is 5.52. The van der Waals surface area contributed by atoms with E-state index < -0.39 is 5.82 Å². The standard InChI is InChI=1S/C22H24F2N2O/c1-22(2)13-15-14-25(21(27)18-8-3-4-9-19(18)24)11-10-20(15)26(22)17-7-5-6-16(23)12-17/h3-9,12,15,20H,10-11,13-14H2,1-2H3/t15-,20+/m1/s1. The molecule has 3 nitrogen and oxygen atoms in total. The lowest BCUT2D eigenvalue weighted by Crippen LogP contribution is -2.50. The molecule has 2 atom stereocenters. The lowest BCUT2D eigenvalue weighted by molar-refractivity contribution is 0.0663. The van der Waals surface area contributed by atoms with Crippen molar-refractivity contribution in [3.05, 3.63) is 65.7 Å². The molecule has 2 fully saturated rings. The highest BCUT2D eigenvalue weighted by Gasteiger charge is 2.48. The van der Waals surface area contributed by atoms with Crippen LogP contribution in [0.5, 0.6) is 0 Å². The first kappa shape index (κ1) is 18.0. The van der Waals surface area contributed by atoms with E-state index in [1.165, 1.54) is 12.1 Å². The maximum atomic E-state index is 14.0. The van der Waals surface area contributed by atoms with Gasteiger partial charge in [0.15, 0.2) is 0 Å². The van der Waals surface area contributed by atoms with Gasteiger partial charge in [-0.2, -0.15) is 0 Å². The van der Waals surface area contributed by atoms with Crippen LogP contribution in [0.25, 0.3) is 0 Å². The van der Waals surface area contributed by atoms with Crippen LogP contribution in [-0.4, -0.2) is 35.5 Å². The summed E-state index contributed by atoms with van der Waals surface area (Å²) < 4.78 is 27.8. The van der Waals surface area contributed by atoms with Gasteiger partial charge in [-0.05, 0) is 62.9 Å². The molecule has 0 unspecified atom stereocenters. The Kier molecular flexibility index (Phi) is 4.41. The third-order valence-corrected chi connectivity index (χ3v) is 5.92. The van der Waals surface area contributed by atoms with Crippen LogP contribution >= 0.6 is 0 Å². The van der Waals surface area contributed by atoms with Crippen LogP contribution in [-0.2, 0) is 0 Å². The zero-order valence-electron chi connectivity index (χ0n) is 15.7. The van der Waals surface area contributed by atoms with Crippen molar-refractivity contribution in [2.75, 3.05) is 18.0 Å². The maximum Gasteiger partial charge on any atom is 0.256 e. The molecule has 0 bridgehead atoms. The van der Waals surface area contributed by atoms with Crippen LogP contribution in [0.3, 0.4) is 0 Å². The molecule has 4 rings (SSSR count). The molecule has 1 amide bonds. The van der Waals surface area contributed by atoms with E-state index in [4.69, 9.17) is 0 Å². The number of nitrogens with zero attached hydrogens (tertiary/aromatic N) is 2. The highest BCUT2D eigenvalue weighted by molar-refractivity contribution is 5.94. The van der Waals surface area contributed by atoms with Crippen LogP contribution in [0.1, 0.15) is 37.0 Å². The third-order valence-electron chi connectivity index (χ3n) is 5.92. The molecule has 2 heterocycles. The van der Waals surface area contributed by atoms with E-state index >= 15 is 0 Å². The van der Waals surface area contributed by atoms with Gasteiger partial charge in [0.1, 0.15) is 11.6 Å². The number of amides is 1. The van der Waals surface area contributed by atoms with E-state index in [1.54, 1.807) is 35.2 Å². The Morgan fingerprint density at radius 3 is 2.63 bits per heavy atom.